The van der Waals surface area contributed by atoms with Crippen molar-refractivity contribution in [2.45, 2.75) is 65.0 Å². The first-order valence-electron chi connectivity index (χ1n) is 10.5. The normalized spacial score (nSPS) is 15.4. The van der Waals surface area contributed by atoms with Crippen LogP contribution >= 0.6 is 0 Å². The summed E-state index contributed by atoms with van der Waals surface area (Å²) >= 11 is 0. The molecule has 2 rings (SSSR count). The Morgan fingerprint density at radius 3 is 2.76 bits per heavy atom. The second-order valence-electron chi connectivity index (χ2n) is 7.23. The predicted octanol–water partition coefficient (Wildman–Crippen LogP) is 3.20. The first-order valence-corrected chi connectivity index (χ1v) is 10.5. The van der Waals surface area contributed by atoms with Gasteiger partial charge in [-0.05, 0) is 38.8 Å². The maximum atomic E-state index is 11.1. The number of benzene rings is 1. The van der Waals surface area contributed by atoms with Gasteiger partial charge < -0.3 is 24.8 Å². The fourth-order valence-electron chi connectivity index (χ4n) is 3.37. The van der Waals surface area contributed by atoms with Gasteiger partial charge in [-0.2, -0.15) is 0 Å². The Kier molecular flexibility index (Phi) is 9.60. The summed E-state index contributed by atoms with van der Waals surface area (Å²) in [5, 5.41) is 6.69. The lowest BCUT2D eigenvalue weighted by Crippen LogP contribution is -2.37. The van der Waals surface area contributed by atoms with E-state index in [1.807, 2.05) is 6.92 Å². The quantitative estimate of drug-likeness (QED) is 0.255. The molecule has 1 unspecified atom stereocenters. The van der Waals surface area contributed by atoms with Gasteiger partial charge in [-0.1, -0.05) is 12.8 Å². The number of fused-ring (bicyclic) bond motifs is 1. The number of methoxy groups -OCH3 is 1. The third kappa shape index (κ3) is 7.48. The summed E-state index contributed by atoms with van der Waals surface area (Å²) in [6.07, 6.45) is 5.62. The number of carbonyl (C=O) groups excluding carboxylic acids is 1. The van der Waals surface area contributed by atoms with Crippen LogP contribution in [0.3, 0.4) is 0 Å². The molecule has 1 aliphatic heterocycles. The molecule has 162 valence electrons. The molecular formula is C22H35N3O4. The standard InChI is InChI=1S/C22H35N3O4/c1-5-28-19-13-17-12-16(2)29-20(17)14-18(19)15-25-22(23-3)24-11-9-7-6-8-10-21(26)27-4/h13-14,16H,5-12,15H2,1-4H3,(H2,23,24,25). The summed E-state index contributed by atoms with van der Waals surface area (Å²) in [5.41, 5.74) is 2.27. The molecule has 0 spiro atoms. The number of carbonyl (C=O) groups is 1. The predicted molar refractivity (Wildman–Crippen MR) is 115 cm³/mol. The number of esters is 1. The lowest BCUT2D eigenvalue weighted by atomic mass is 10.1. The SMILES string of the molecule is CCOc1cc2c(cc1CNC(=NC)NCCCCCCC(=O)OC)OC(C)C2. The zero-order valence-electron chi connectivity index (χ0n) is 18.2. The molecular weight excluding hydrogens is 370 g/mol. The summed E-state index contributed by atoms with van der Waals surface area (Å²) in [6.45, 7) is 6.15. The van der Waals surface area contributed by atoms with Crippen LogP contribution in [0, 0.1) is 0 Å². The minimum absolute atomic E-state index is 0.134. The van der Waals surface area contributed by atoms with Crippen LogP contribution in [0.4, 0.5) is 0 Å². The number of rotatable bonds is 11. The molecule has 0 saturated heterocycles. The van der Waals surface area contributed by atoms with Crippen LogP contribution in [0.5, 0.6) is 11.5 Å². The first kappa shape index (κ1) is 22.8. The van der Waals surface area contributed by atoms with Crippen molar-refractivity contribution in [1.82, 2.24) is 10.6 Å². The topological polar surface area (TPSA) is 81.2 Å². The van der Waals surface area contributed by atoms with Crippen molar-refractivity contribution in [2.75, 3.05) is 27.3 Å². The fraction of sp³-hybridized carbons (Fsp3) is 0.636. The highest BCUT2D eigenvalue weighted by atomic mass is 16.5. The Morgan fingerprint density at radius 2 is 2.03 bits per heavy atom. The van der Waals surface area contributed by atoms with Crippen molar-refractivity contribution in [1.29, 1.82) is 0 Å². The molecule has 1 aromatic carbocycles. The van der Waals surface area contributed by atoms with E-state index in [1.165, 1.54) is 12.7 Å². The molecule has 1 heterocycles. The molecule has 0 aromatic heterocycles. The summed E-state index contributed by atoms with van der Waals surface area (Å²) in [5.74, 6) is 2.48. The van der Waals surface area contributed by atoms with Gasteiger partial charge in [-0.25, -0.2) is 0 Å². The van der Waals surface area contributed by atoms with E-state index in [2.05, 4.69) is 39.4 Å². The molecule has 0 fully saturated rings. The lowest BCUT2D eigenvalue weighted by molar-refractivity contribution is -0.140. The summed E-state index contributed by atoms with van der Waals surface area (Å²) in [7, 11) is 3.20. The Morgan fingerprint density at radius 1 is 1.24 bits per heavy atom. The Bertz CT molecular complexity index is 691. The van der Waals surface area contributed by atoms with Crippen molar-refractivity contribution in [3.05, 3.63) is 23.3 Å². The zero-order valence-corrected chi connectivity index (χ0v) is 18.2. The van der Waals surface area contributed by atoms with E-state index in [4.69, 9.17) is 9.47 Å². The van der Waals surface area contributed by atoms with Gasteiger partial charge in [-0.15, -0.1) is 0 Å². The average molecular weight is 406 g/mol. The fourth-order valence-corrected chi connectivity index (χ4v) is 3.37. The third-order valence-corrected chi connectivity index (χ3v) is 4.88. The molecule has 29 heavy (non-hydrogen) atoms. The monoisotopic (exact) mass is 405 g/mol. The second kappa shape index (κ2) is 12.2. The third-order valence-electron chi connectivity index (χ3n) is 4.88. The van der Waals surface area contributed by atoms with E-state index in [0.717, 1.165) is 61.7 Å². The van der Waals surface area contributed by atoms with E-state index < -0.39 is 0 Å². The van der Waals surface area contributed by atoms with Gasteiger partial charge in [0.1, 0.15) is 17.6 Å². The molecule has 7 heteroatoms. The van der Waals surface area contributed by atoms with Crippen LogP contribution < -0.4 is 20.1 Å². The van der Waals surface area contributed by atoms with Crippen LogP contribution in [0.15, 0.2) is 17.1 Å². The van der Waals surface area contributed by atoms with E-state index in [0.29, 0.717) is 19.6 Å². The number of nitrogens with one attached hydrogen (secondary N) is 2. The molecule has 0 amide bonds. The van der Waals surface area contributed by atoms with E-state index in [-0.39, 0.29) is 12.1 Å². The molecule has 0 saturated carbocycles. The molecule has 0 aliphatic carbocycles. The molecule has 0 radical (unpaired) electrons. The maximum Gasteiger partial charge on any atom is 0.305 e. The van der Waals surface area contributed by atoms with Crippen LogP contribution in [0.1, 0.15) is 57.1 Å². The number of unbranched alkanes of at least 4 members (excludes halogenated alkanes) is 3. The smallest absolute Gasteiger partial charge is 0.305 e. The first-order chi connectivity index (χ1) is 14.1. The van der Waals surface area contributed by atoms with Gasteiger partial charge >= 0.3 is 5.97 Å². The van der Waals surface area contributed by atoms with Crippen molar-refractivity contribution >= 4 is 11.9 Å². The van der Waals surface area contributed by atoms with Gasteiger partial charge in [0.05, 0.1) is 13.7 Å². The zero-order chi connectivity index (χ0) is 21.1. The van der Waals surface area contributed by atoms with Gasteiger partial charge in [0, 0.05) is 44.1 Å². The minimum Gasteiger partial charge on any atom is -0.494 e. The Balaban J connectivity index is 1.76. The molecule has 0 bridgehead atoms. The van der Waals surface area contributed by atoms with E-state index in [1.54, 1.807) is 7.05 Å². The number of nitrogens with zero attached hydrogens (tertiary/aromatic N) is 1. The minimum atomic E-state index is -0.134. The number of hydrogen-bond donors (Lipinski definition) is 2. The highest BCUT2D eigenvalue weighted by Crippen LogP contribution is 2.35. The van der Waals surface area contributed by atoms with Crippen molar-refractivity contribution < 1.29 is 19.0 Å². The van der Waals surface area contributed by atoms with Crippen LogP contribution in [-0.2, 0) is 22.5 Å². The Labute approximate surface area is 174 Å². The number of hydrogen-bond acceptors (Lipinski definition) is 5. The highest BCUT2D eigenvalue weighted by molar-refractivity contribution is 5.79. The van der Waals surface area contributed by atoms with E-state index >= 15 is 0 Å². The van der Waals surface area contributed by atoms with Crippen molar-refractivity contribution in [3.63, 3.8) is 0 Å². The lowest BCUT2D eigenvalue weighted by Gasteiger charge is -2.15. The Hall–Kier alpha value is -2.44. The van der Waals surface area contributed by atoms with Gasteiger partial charge in [0.2, 0.25) is 0 Å². The second-order valence-corrected chi connectivity index (χ2v) is 7.23. The largest absolute Gasteiger partial charge is 0.494 e. The van der Waals surface area contributed by atoms with Gasteiger partial charge in [0.15, 0.2) is 5.96 Å². The maximum absolute atomic E-state index is 11.1. The summed E-state index contributed by atoms with van der Waals surface area (Å²) in [4.78, 5) is 15.4. The van der Waals surface area contributed by atoms with Crippen LogP contribution in [-0.4, -0.2) is 45.3 Å². The number of guanidine groups is 1. The van der Waals surface area contributed by atoms with Gasteiger partial charge in [0.25, 0.3) is 0 Å². The summed E-state index contributed by atoms with van der Waals surface area (Å²) < 4.78 is 16.4. The van der Waals surface area contributed by atoms with Crippen molar-refractivity contribution in [2.24, 2.45) is 4.99 Å². The molecule has 1 aliphatic rings. The van der Waals surface area contributed by atoms with Crippen LogP contribution in [0.25, 0.3) is 0 Å². The number of ether oxygens (including phenoxy) is 3. The molecule has 2 N–H and O–H groups in total. The summed E-state index contributed by atoms with van der Waals surface area (Å²) in [6, 6.07) is 4.18. The average Bonchev–Trinajstić information content (AvgIpc) is 3.08. The van der Waals surface area contributed by atoms with Crippen molar-refractivity contribution in [3.8, 4) is 11.5 Å². The van der Waals surface area contributed by atoms with Crippen LogP contribution in [0.2, 0.25) is 0 Å². The molecule has 1 atom stereocenters. The molecule has 1 aromatic rings. The highest BCUT2D eigenvalue weighted by Gasteiger charge is 2.21. The van der Waals surface area contributed by atoms with E-state index in [9.17, 15) is 4.79 Å². The molecule has 7 nitrogen and oxygen atoms in total. The van der Waals surface area contributed by atoms with Gasteiger partial charge in [-0.3, -0.25) is 9.79 Å². The number of aliphatic imine (C=N–C) groups is 1.